The fourth-order valence-corrected chi connectivity index (χ4v) is 16.2. The number of rotatable bonds is 36. The van der Waals surface area contributed by atoms with Crippen LogP contribution >= 0.6 is 0 Å². The van der Waals surface area contributed by atoms with Crippen LogP contribution in [0.4, 0.5) is 13.2 Å². The molecular weight excluding hydrogens is 1740 g/mol. The summed E-state index contributed by atoms with van der Waals surface area (Å²) < 4.78 is 82.6. The first-order valence-electron chi connectivity index (χ1n) is 47.3. The van der Waals surface area contributed by atoms with Crippen LogP contribution in [0, 0.1) is 20.8 Å². The van der Waals surface area contributed by atoms with Gasteiger partial charge in [0.05, 0.1) is 98.8 Å². The van der Waals surface area contributed by atoms with Gasteiger partial charge in [0, 0.05) is 125 Å². The number of fused-ring (bicyclic) bond motifs is 4. The van der Waals surface area contributed by atoms with Crippen LogP contribution in [-0.2, 0) is 51.0 Å². The SMILES string of the molecule is CCCOc1ccc(-c2nn3c(-c4ccccc4)cc(C)nc3c2CC(=O)N(CC)CC)cc1.CCCOc1ccc(-c2nn3c(-c4ccco4)cc(C)nc3c2CC(=O)N(CC)CC)cc1.CCCOc1ccc(-c2nn3c(C(F)(F)F)cc(-c4ccco4)nc3c2CC(=O)N(CC)CC)cc1.CCCOc1ccc(-c2nn3c(C)cc(-c4ccccc4)nc3c2CC(=O)N(CC)CC)cc1. The summed E-state index contributed by atoms with van der Waals surface area (Å²) in [6, 6.07) is 64.7. The highest BCUT2D eigenvalue weighted by atomic mass is 19.4. The van der Waals surface area contributed by atoms with E-state index in [-0.39, 0.29) is 72.1 Å². The molecule has 16 aromatic rings. The third-order valence-corrected chi connectivity index (χ3v) is 23.3. The van der Waals surface area contributed by atoms with Crippen molar-refractivity contribution < 1.29 is 60.1 Å². The summed E-state index contributed by atoms with van der Waals surface area (Å²) in [6.07, 6.45) is 2.57. The van der Waals surface area contributed by atoms with Gasteiger partial charge in [-0.25, -0.2) is 38.0 Å². The first-order valence-corrected chi connectivity index (χ1v) is 47.3. The second-order valence-corrected chi connectivity index (χ2v) is 32.8. The number of ether oxygens (including phenoxy) is 4. The van der Waals surface area contributed by atoms with Crippen LogP contribution in [0.25, 0.3) is 113 Å². The van der Waals surface area contributed by atoms with E-state index in [1.165, 1.54) is 12.3 Å². The van der Waals surface area contributed by atoms with Crippen molar-refractivity contribution in [2.45, 2.75) is 161 Å². The molecule has 0 atom stereocenters. The van der Waals surface area contributed by atoms with Gasteiger partial charge in [-0.3, -0.25) is 19.2 Å². The number of likely N-dealkylation sites (N-methyl/N-ethyl adjacent to an activating group) is 4. The normalized spacial score (nSPS) is 11.3. The highest BCUT2D eigenvalue weighted by Gasteiger charge is 2.38. The van der Waals surface area contributed by atoms with Gasteiger partial charge < -0.3 is 47.4 Å². The molecule has 0 saturated heterocycles. The van der Waals surface area contributed by atoms with E-state index in [0.29, 0.717) is 107 Å². The van der Waals surface area contributed by atoms with Gasteiger partial charge in [0.2, 0.25) is 23.6 Å². The summed E-state index contributed by atoms with van der Waals surface area (Å²) in [6.45, 7) is 37.5. The first kappa shape index (κ1) is 99.7. The monoisotopic (exact) mass is 1860 g/mol. The molecule has 0 spiro atoms. The molecule has 0 aliphatic carbocycles. The molecule has 10 heterocycles. The fraction of sp³-hybridized carbons (Fsp3) is 0.333. The van der Waals surface area contributed by atoms with E-state index in [4.69, 9.17) is 58.0 Å². The minimum atomic E-state index is -4.72. The Labute approximate surface area is 797 Å². The molecule has 0 bridgehead atoms. The highest BCUT2D eigenvalue weighted by Crippen LogP contribution is 2.40. The van der Waals surface area contributed by atoms with Gasteiger partial charge in [-0.2, -0.15) is 33.6 Å². The summed E-state index contributed by atoms with van der Waals surface area (Å²) in [5.74, 6) is 3.98. The van der Waals surface area contributed by atoms with E-state index in [0.717, 1.165) is 161 Å². The summed E-state index contributed by atoms with van der Waals surface area (Å²) in [7, 11) is 0. The van der Waals surface area contributed by atoms with Gasteiger partial charge in [-0.1, -0.05) is 88.4 Å². The largest absolute Gasteiger partial charge is 0.494 e. The Kier molecular flexibility index (Phi) is 34.2. The molecule has 16 rings (SSSR count). The van der Waals surface area contributed by atoms with Gasteiger partial charge in [-0.05, 0) is 247 Å². The molecule has 0 unspecified atom stereocenters. The number of carbonyl (C=O) groups is 4. The molecule has 10 aromatic heterocycles. The van der Waals surface area contributed by atoms with Crippen LogP contribution in [0.3, 0.4) is 0 Å². The van der Waals surface area contributed by atoms with Crippen LogP contribution < -0.4 is 18.9 Å². The van der Waals surface area contributed by atoms with Crippen LogP contribution in [-0.4, -0.2) is 180 Å². The van der Waals surface area contributed by atoms with Crippen molar-refractivity contribution in [1.29, 1.82) is 0 Å². The summed E-state index contributed by atoms with van der Waals surface area (Å²) >= 11 is 0. The third kappa shape index (κ3) is 23.8. The third-order valence-electron chi connectivity index (χ3n) is 23.3. The van der Waals surface area contributed by atoms with Crippen molar-refractivity contribution >= 4 is 46.2 Å². The minimum absolute atomic E-state index is 0.00567. The number of hydrogen-bond acceptors (Lipinski definition) is 18. The van der Waals surface area contributed by atoms with Crippen molar-refractivity contribution in [3.63, 3.8) is 0 Å². The molecule has 0 saturated carbocycles. The number of nitrogens with zero attached hydrogens (tertiary/aromatic N) is 16. The molecule has 0 radical (unpaired) electrons. The number of furan rings is 2. The van der Waals surface area contributed by atoms with E-state index in [1.807, 2.05) is 258 Å². The lowest BCUT2D eigenvalue weighted by atomic mass is 10.0. The fourth-order valence-electron chi connectivity index (χ4n) is 16.2. The zero-order chi connectivity index (χ0) is 97.4. The average molecular weight is 1860 g/mol. The lowest BCUT2D eigenvalue weighted by molar-refractivity contribution is -0.142. The Balaban J connectivity index is 0.000000154. The Bertz CT molecular complexity index is 6660. The summed E-state index contributed by atoms with van der Waals surface area (Å²) in [5.41, 5.74) is 17.2. The Morgan fingerprint density at radius 2 is 0.628 bits per heavy atom. The second kappa shape index (κ2) is 46.9. The number of amides is 4. The van der Waals surface area contributed by atoms with Crippen molar-refractivity contribution in [1.82, 2.24) is 78.0 Å². The molecule has 137 heavy (non-hydrogen) atoms. The van der Waals surface area contributed by atoms with E-state index in [1.54, 1.807) is 46.0 Å². The lowest BCUT2D eigenvalue weighted by Gasteiger charge is -2.18. The predicted molar refractivity (Wildman–Crippen MR) is 529 cm³/mol. The predicted octanol–water partition coefficient (Wildman–Crippen LogP) is 22.2. The molecule has 0 N–H and O–H groups in total. The van der Waals surface area contributed by atoms with E-state index in [9.17, 15) is 32.3 Å². The molecule has 29 heteroatoms. The second-order valence-electron chi connectivity index (χ2n) is 32.8. The molecule has 0 fully saturated rings. The lowest BCUT2D eigenvalue weighted by Crippen LogP contribution is -2.31. The van der Waals surface area contributed by atoms with Crippen molar-refractivity contribution in [2.75, 3.05) is 78.8 Å². The number of aryl methyl sites for hydroxylation is 3. The van der Waals surface area contributed by atoms with Crippen LogP contribution in [0.5, 0.6) is 23.0 Å². The van der Waals surface area contributed by atoms with Gasteiger partial charge in [0.1, 0.15) is 34.4 Å². The Hall–Kier alpha value is -14.8. The molecule has 0 aliphatic heterocycles. The number of aromatic nitrogens is 12. The summed E-state index contributed by atoms with van der Waals surface area (Å²) in [5, 5.41) is 19.2. The molecule has 4 amide bonds. The zero-order valence-electron chi connectivity index (χ0n) is 80.8. The topological polar surface area (TPSA) is 265 Å². The van der Waals surface area contributed by atoms with Crippen molar-refractivity contribution in [3.05, 3.63) is 264 Å². The van der Waals surface area contributed by atoms with Gasteiger partial charge in [0.25, 0.3) is 0 Å². The maximum atomic E-state index is 14.1. The van der Waals surface area contributed by atoms with E-state index in [2.05, 4.69) is 43.0 Å². The molecule has 0 aliphatic rings. The molecule has 6 aromatic carbocycles. The average Bonchev–Trinajstić information content (AvgIpc) is 1.61. The van der Waals surface area contributed by atoms with Crippen LogP contribution in [0.2, 0.25) is 0 Å². The highest BCUT2D eigenvalue weighted by molar-refractivity contribution is 5.89. The number of hydrogen-bond donors (Lipinski definition) is 0. The Morgan fingerprint density at radius 1 is 0.321 bits per heavy atom. The smallest absolute Gasteiger partial charge is 0.433 e. The van der Waals surface area contributed by atoms with Gasteiger partial charge in [0.15, 0.2) is 39.8 Å². The van der Waals surface area contributed by atoms with Gasteiger partial charge in [-0.15, -0.1) is 0 Å². The first-order chi connectivity index (χ1) is 66.4. The van der Waals surface area contributed by atoms with Gasteiger partial charge >= 0.3 is 6.18 Å². The minimum Gasteiger partial charge on any atom is -0.494 e. The number of halogens is 3. The van der Waals surface area contributed by atoms with E-state index >= 15 is 0 Å². The maximum absolute atomic E-state index is 14.1. The number of carbonyl (C=O) groups excluding carboxylic acids is 4. The van der Waals surface area contributed by atoms with E-state index < -0.39 is 11.9 Å². The maximum Gasteiger partial charge on any atom is 0.433 e. The van der Waals surface area contributed by atoms with Crippen molar-refractivity contribution in [3.8, 4) is 113 Å². The van der Waals surface area contributed by atoms with Crippen LogP contribution in [0.1, 0.15) is 154 Å². The zero-order valence-corrected chi connectivity index (χ0v) is 80.8. The standard InChI is InChI=1S/2C28H32N4O2.C26H27F3N4O3.C26H30N4O3/c1-5-17-34-23-15-13-22(14-16-23)27-24(19-26(33)31(6-2)7-3)28-29-25(18-20(4)32(28)30-27)21-11-9-8-10-12-21;1-5-17-34-23-15-13-22(14-16-23)27-24(19-26(33)31(6-2)7-3)28-29-20(4)18-25(32(28)30-27)21-11-9-8-10-12-21;1-4-13-35-18-11-9-17(10-12-18)24-19(15-23(34)32(5-2)6-3)25-30-20(21-8-7-14-36-21)16-22(26(27,28)29)33(25)31-24;1-5-14-32-20-12-10-19(11-13-20)25-21(17-24(31)29(6-2)7-3)26-27-18(4)16-22(30(26)28-25)23-9-8-15-33-23/h2*8-16,18H,5-7,17,19H2,1-4H3;7-12,14,16H,4-6,13,15H2,1-3H3;8-13,15-16H,5-7,14,17H2,1-4H3. The number of benzene rings is 6. The summed E-state index contributed by atoms with van der Waals surface area (Å²) in [4.78, 5) is 78.7. The van der Waals surface area contributed by atoms with Crippen LogP contribution in [0.15, 0.2) is 228 Å². The Morgan fingerprint density at radius 3 is 0.964 bits per heavy atom. The molecular formula is C108H121F3N16O10. The van der Waals surface area contributed by atoms with Crippen molar-refractivity contribution in [2.24, 2.45) is 0 Å². The quantitative estimate of drug-likeness (QED) is 0.0353. The molecule has 26 nitrogen and oxygen atoms in total. The molecule has 714 valence electrons. The number of alkyl halides is 3.